The Kier molecular flexibility index (Phi) is 2.31. The van der Waals surface area contributed by atoms with E-state index in [0.717, 1.165) is 0 Å². The van der Waals surface area contributed by atoms with Gasteiger partial charge < -0.3 is 14.1 Å². The number of rotatable bonds is 1. The summed E-state index contributed by atoms with van der Waals surface area (Å²) in [6.07, 6.45) is 1.58. The molecule has 82 valence electrons. The van der Waals surface area contributed by atoms with Crippen molar-refractivity contribution in [1.82, 2.24) is 4.90 Å². The van der Waals surface area contributed by atoms with E-state index in [0.29, 0.717) is 12.2 Å². The van der Waals surface area contributed by atoms with Crippen LogP contribution in [0.4, 0.5) is 0 Å². The SMILES string of the molecule is CN1C(=O)CC(C)(C)O[C@H]1c1ccco1. The lowest BCUT2D eigenvalue weighted by atomic mass is 10.0. The van der Waals surface area contributed by atoms with Crippen molar-refractivity contribution in [2.24, 2.45) is 0 Å². The van der Waals surface area contributed by atoms with Crippen LogP contribution in [0.1, 0.15) is 32.3 Å². The zero-order valence-corrected chi connectivity index (χ0v) is 9.19. The van der Waals surface area contributed by atoms with Crippen LogP contribution in [0.2, 0.25) is 0 Å². The van der Waals surface area contributed by atoms with Crippen molar-refractivity contribution in [3.63, 3.8) is 0 Å². The number of amides is 1. The second kappa shape index (κ2) is 3.38. The maximum Gasteiger partial charge on any atom is 0.227 e. The number of carbonyl (C=O) groups excluding carboxylic acids is 1. The Labute approximate surface area is 88.8 Å². The van der Waals surface area contributed by atoms with Crippen LogP contribution < -0.4 is 0 Å². The highest BCUT2D eigenvalue weighted by atomic mass is 16.5. The number of ether oxygens (including phenoxy) is 1. The van der Waals surface area contributed by atoms with E-state index in [4.69, 9.17) is 9.15 Å². The van der Waals surface area contributed by atoms with Gasteiger partial charge in [0.1, 0.15) is 0 Å². The molecule has 1 aromatic heterocycles. The van der Waals surface area contributed by atoms with Crippen molar-refractivity contribution in [3.8, 4) is 0 Å². The summed E-state index contributed by atoms with van der Waals surface area (Å²) < 4.78 is 11.1. The maximum atomic E-state index is 11.7. The van der Waals surface area contributed by atoms with Crippen LogP contribution in [-0.2, 0) is 9.53 Å². The molecule has 2 rings (SSSR count). The smallest absolute Gasteiger partial charge is 0.227 e. The summed E-state index contributed by atoms with van der Waals surface area (Å²) in [7, 11) is 1.73. The molecule has 0 unspecified atom stereocenters. The van der Waals surface area contributed by atoms with Gasteiger partial charge in [0, 0.05) is 7.05 Å². The highest BCUT2D eigenvalue weighted by Gasteiger charge is 2.39. The van der Waals surface area contributed by atoms with Gasteiger partial charge in [0.25, 0.3) is 0 Å². The molecule has 0 aliphatic carbocycles. The van der Waals surface area contributed by atoms with Crippen LogP contribution in [0.15, 0.2) is 22.8 Å². The summed E-state index contributed by atoms with van der Waals surface area (Å²) in [5.74, 6) is 0.742. The quantitative estimate of drug-likeness (QED) is 0.709. The van der Waals surface area contributed by atoms with Crippen molar-refractivity contribution < 1.29 is 13.9 Å². The summed E-state index contributed by atoms with van der Waals surface area (Å²) in [6, 6.07) is 3.61. The molecule has 4 nitrogen and oxygen atoms in total. The number of furan rings is 1. The van der Waals surface area contributed by atoms with E-state index in [1.807, 2.05) is 19.9 Å². The zero-order chi connectivity index (χ0) is 11.1. The van der Waals surface area contributed by atoms with Crippen molar-refractivity contribution in [3.05, 3.63) is 24.2 Å². The molecule has 4 heteroatoms. The van der Waals surface area contributed by atoms with E-state index < -0.39 is 11.8 Å². The monoisotopic (exact) mass is 209 g/mol. The minimum Gasteiger partial charge on any atom is -0.465 e. The van der Waals surface area contributed by atoms with E-state index in [2.05, 4.69) is 0 Å². The molecule has 0 aromatic carbocycles. The van der Waals surface area contributed by atoms with Gasteiger partial charge in [-0.2, -0.15) is 0 Å². The number of hydrogen-bond donors (Lipinski definition) is 0. The van der Waals surface area contributed by atoms with Crippen molar-refractivity contribution >= 4 is 5.91 Å². The Morgan fingerprint density at radius 1 is 1.53 bits per heavy atom. The first-order valence-electron chi connectivity index (χ1n) is 4.96. The van der Waals surface area contributed by atoms with Gasteiger partial charge in [0.05, 0.1) is 18.3 Å². The summed E-state index contributed by atoms with van der Waals surface area (Å²) in [6.45, 7) is 3.82. The molecule has 1 aliphatic rings. The third kappa shape index (κ3) is 1.90. The van der Waals surface area contributed by atoms with Crippen molar-refractivity contribution in [2.45, 2.75) is 32.1 Å². The average Bonchev–Trinajstić information content (AvgIpc) is 2.63. The Hall–Kier alpha value is -1.29. The fraction of sp³-hybridized carbons (Fsp3) is 0.545. The van der Waals surface area contributed by atoms with Gasteiger partial charge in [0.15, 0.2) is 12.0 Å². The third-order valence-corrected chi connectivity index (χ3v) is 2.54. The lowest BCUT2D eigenvalue weighted by Gasteiger charge is -2.40. The molecule has 1 atom stereocenters. The first-order valence-corrected chi connectivity index (χ1v) is 4.96. The van der Waals surface area contributed by atoms with E-state index >= 15 is 0 Å². The normalized spacial score (nSPS) is 25.7. The molecule has 0 radical (unpaired) electrons. The van der Waals surface area contributed by atoms with Crippen molar-refractivity contribution in [2.75, 3.05) is 7.05 Å². The minimum absolute atomic E-state index is 0.0765. The highest BCUT2D eigenvalue weighted by molar-refractivity contribution is 5.77. The Morgan fingerprint density at radius 2 is 2.27 bits per heavy atom. The van der Waals surface area contributed by atoms with Crippen LogP contribution in [-0.4, -0.2) is 23.5 Å². The lowest BCUT2D eigenvalue weighted by molar-refractivity contribution is -0.196. The average molecular weight is 209 g/mol. The van der Waals surface area contributed by atoms with E-state index in [1.54, 1.807) is 24.3 Å². The zero-order valence-electron chi connectivity index (χ0n) is 9.19. The molecule has 0 N–H and O–H groups in total. The Morgan fingerprint density at radius 3 is 2.87 bits per heavy atom. The number of hydrogen-bond acceptors (Lipinski definition) is 3. The van der Waals surface area contributed by atoms with Gasteiger partial charge in [-0.15, -0.1) is 0 Å². The molecule has 0 bridgehead atoms. The van der Waals surface area contributed by atoms with Gasteiger partial charge in [-0.05, 0) is 26.0 Å². The first kappa shape index (κ1) is 10.2. The predicted octanol–water partition coefficient (Wildman–Crippen LogP) is 1.94. The summed E-state index contributed by atoms with van der Waals surface area (Å²) in [4.78, 5) is 13.3. The van der Waals surface area contributed by atoms with Crippen molar-refractivity contribution in [1.29, 1.82) is 0 Å². The number of carbonyl (C=O) groups is 1. The predicted molar refractivity (Wildman–Crippen MR) is 54.0 cm³/mol. The molecule has 0 saturated carbocycles. The van der Waals surface area contributed by atoms with E-state index in [9.17, 15) is 4.79 Å². The molecular formula is C11H15NO3. The standard InChI is InChI=1S/C11H15NO3/c1-11(2)7-9(13)12(3)10(15-11)8-5-4-6-14-8/h4-6,10H,7H2,1-3H3/t10-/m0/s1. The Bertz CT molecular complexity index is 356. The molecule has 1 fully saturated rings. The summed E-state index contributed by atoms with van der Waals surface area (Å²) >= 11 is 0. The minimum atomic E-state index is -0.430. The molecule has 1 aliphatic heterocycles. The second-order valence-corrected chi connectivity index (χ2v) is 4.43. The topological polar surface area (TPSA) is 42.7 Å². The Balaban J connectivity index is 2.27. The van der Waals surface area contributed by atoms with Gasteiger partial charge in [-0.3, -0.25) is 4.79 Å². The van der Waals surface area contributed by atoms with Crippen LogP contribution in [0, 0.1) is 0 Å². The van der Waals surface area contributed by atoms with E-state index in [1.165, 1.54) is 0 Å². The van der Waals surface area contributed by atoms with Gasteiger partial charge >= 0.3 is 0 Å². The van der Waals surface area contributed by atoms with Gasteiger partial charge in [-0.1, -0.05) is 0 Å². The van der Waals surface area contributed by atoms with Gasteiger partial charge in [0.2, 0.25) is 5.91 Å². The fourth-order valence-corrected chi connectivity index (χ4v) is 1.72. The highest BCUT2D eigenvalue weighted by Crippen LogP contribution is 2.34. The number of nitrogens with zero attached hydrogens (tertiary/aromatic N) is 1. The van der Waals surface area contributed by atoms with Crippen LogP contribution >= 0.6 is 0 Å². The molecule has 1 saturated heterocycles. The largest absolute Gasteiger partial charge is 0.465 e. The fourth-order valence-electron chi connectivity index (χ4n) is 1.72. The van der Waals surface area contributed by atoms with Crippen LogP contribution in [0.25, 0.3) is 0 Å². The molecule has 0 spiro atoms. The van der Waals surface area contributed by atoms with E-state index in [-0.39, 0.29) is 5.91 Å². The molecule has 15 heavy (non-hydrogen) atoms. The molecule has 1 aromatic rings. The lowest BCUT2D eigenvalue weighted by Crippen LogP contribution is -2.46. The van der Waals surface area contributed by atoms with Crippen LogP contribution in [0.5, 0.6) is 0 Å². The second-order valence-electron chi connectivity index (χ2n) is 4.43. The van der Waals surface area contributed by atoms with Crippen LogP contribution in [0.3, 0.4) is 0 Å². The van der Waals surface area contributed by atoms with Gasteiger partial charge in [-0.25, -0.2) is 0 Å². The molecule has 1 amide bonds. The third-order valence-electron chi connectivity index (χ3n) is 2.54. The summed E-state index contributed by atoms with van der Waals surface area (Å²) in [5.41, 5.74) is -0.430. The summed E-state index contributed by atoms with van der Waals surface area (Å²) in [5, 5.41) is 0. The maximum absolute atomic E-state index is 11.7. The first-order chi connectivity index (χ1) is 6.99. The molecular weight excluding hydrogens is 194 g/mol. The molecule has 2 heterocycles.